The zero-order valence-corrected chi connectivity index (χ0v) is 12.8. The lowest BCUT2D eigenvalue weighted by Gasteiger charge is -2.34. The molecule has 0 bridgehead atoms. The Hall–Kier alpha value is -2.35. The third kappa shape index (κ3) is 2.77. The molecule has 0 N–H and O–H groups in total. The second kappa shape index (κ2) is 5.94. The molecule has 1 atom stereocenters. The molecular weight excluding hydrogens is 323 g/mol. The van der Waals surface area contributed by atoms with Crippen LogP contribution in [0, 0.1) is 0 Å². The van der Waals surface area contributed by atoms with Gasteiger partial charge in [0.15, 0.2) is 0 Å². The summed E-state index contributed by atoms with van der Waals surface area (Å²) in [5, 5.41) is 0. The summed E-state index contributed by atoms with van der Waals surface area (Å²) in [4.78, 5) is 29.3. The molecule has 0 aromatic heterocycles. The average Bonchev–Trinajstić information content (AvgIpc) is 2.78. The van der Waals surface area contributed by atoms with Crippen molar-refractivity contribution in [2.45, 2.75) is 12.2 Å². The second-order valence-electron chi connectivity index (χ2n) is 5.76. The zero-order valence-electron chi connectivity index (χ0n) is 12.8. The van der Waals surface area contributed by atoms with E-state index in [1.54, 1.807) is 6.08 Å². The van der Waals surface area contributed by atoms with Crippen LogP contribution in [0.5, 0.6) is 0 Å². The van der Waals surface area contributed by atoms with Crippen LogP contribution in [0.4, 0.5) is 23.7 Å². The lowest BCUT2D eigenvalue weighted by atomic mass is 10.1. The Labute approximate surface area is 136 Å². The monoisotopic (exact) mass is 339 g/mol. The summed E-state index contributed by atoms with van der Waals surface area (Å²) >= 11 is 0. The molecule has 1 unspecified atom stereocenters. The third-order valence-electron chi connectivity index (χ3n) is 4.23. The highest BCUT2D eigenvalue weighted by molar-refractivity contribution is 6.21. The van der Waals surface area contributed by atoms with Gasteiger partial charge in [-0.1, -0.05) is 12.1 Å². The zero-order chi connectivity index (χ0) is 17.5. The standard InChI is InChI=1S/C16H16F3N3O2/c1-2-6-20-7-8-21-13(10-20)14(23)22(15(21)24)12-5-3-4-11(9-12)16(17,18)19/h2-5,9,13H,1,6-8,10H2. The van der Waals surface area contributed by atoms with Gasteiger partial charge in [0.05, 0.1) is 11.3 Å². The van der Waals surface area contributed by atoms with Crippen LogP contribution in [0.15, 0.2) is 36.9 Å². The second-order valence-corrected chi connectivity index (χ2v) is 5.76. The number of hydrogen-bond donors (Lipinski definition) is 0. The summed E-state index contributed by atoms with van der Waals surface area (Å²) in [5.41, 5.74) is -0.941. The summed E-state index contributed by atoms with van der Waals surface area (Å²) in [6.45, 7) is 5.55. The lowest BCUT2D eigenvalue weighted by Crippen LogP contribution is -2.52. The van der Waals surface area contributed by atoms with Crippen LogP contribution in [0.2, 0.25) is 0 Å². The number of amides is 3. The number of piperazine rings is 1. The maximum absolute atomic E-state index is 12.9. The van der Waals surface area contributed by atoms with Crippen molar-refractivity contribution in [2.75, 3.05) is 31.1 Å². The largest absolute Gasteiger partial charge is 0.416 e. The Morgan fingerprint density at radius 3 is 2.67 bits per heavy atom. The maximum Gasteiger partial charge on any atom is 0.416 e. The predicted octanol–water partition coefficient (Wildman–Crippen LogP) is 2.34. The van der Waals surface area contributed by atoms with E-state index in [4.69, 9.17) is 0 Å². The number of carbonyl (C=O) groups excluding carboxylic acids is 2. The molecule has 8 heteroatoms. The first-order valence-electron chi connectivity index (χ1n) is 7.48. The first kappa shape index (κ1) is 16.5. The summed E-state index contributed by atoms with van der Waals surface area (Å²) < 4.78 is 38.6. The molecule has 2 aliphatic rings. The van der Waals surface area contributed by atoms with Crippen LogP contribution >= 0.6 is 0 Å². The predicted molar refractivity (Wildman–Crippen MR) is 81.5 cm³/mol. The van der Waals surface area contributed by atoms with Crippen LogP contribution in [-0.2, 0) is 11.0 Å². The van der Waals surface area contributed by atoms with E-state index in [0.29, 0.717) is 26.2 Å². The number of fused-ring (bicyclic) bond motifs is 1. The van der Waals surface area contributed by atoms with Crippen molar-refractivity contribution in [2.24, 2.45) is 0 Å². The number of anilines is 1. The van der Waals surface area contributed by atoms with Gasteiger partial charge in [-0.05, 0) is 18.2 Å². The first-order chi connectivity index (χ1) is 11.3. The van der Waals surface area contributed by atoms with Gasteiger partial charge < -0.3 is 4.90 Å². The molecule has 0 spiro atoms. The molecule has 3 amide bonds. The smallest absolute Gasteiger partial charge is 0.309 e. The highest BCUT2D eigenvalue weighted by Crippen LogP contribution is 2.34. The molecule has 2 fully saturated rings. The van der Waals surface area contributed by atoms with Gasteiger partial charge in [0.1, 0.15) is 6.04 Å². The number of alkyl halides is 3. The molecule has 0 radical (unpaired) electrons. The Morgan fingerprint density at radius 1 is 1.25 bits per heavy atom. The molecular formula is C16H16F3N3O2. The third-order valence-corrected chi connectivity index (χ3v) is 4.23. The van der Waals surface area contributed by atoms with Gasteiger partial charge in [-0.2, -0.15) is 13.2 Å². The minimum atomic E-state index is -4.53. The normalized spacial score (nSPS) is 22.0. The van der Waals surface area contributed by atoms with Crippen LogP contribution in [0.1, 0.15) is 5.56 Å². The van der Waals surface area contributed by atoms with E-state index in [9.17, 15) is 22.8 Å². The number of imide groups is 1. The fourth-order valence-corrected chi connectivity index (χ4v) is 3.06. The fourth-order valence-electron chi connectivity index (χ4n) is 3.06. The highest BCUT2D eigenvalue weighted by Gasteiger charge is 2.48. The van der Waals surface area contributed by atoms with E-state index < -0.39 is 29.7 Å². The summed E-state index contributed by atoms with van der Waals surface area (Å²) in [6, 6.07) is 3.04. The van der Waals surface area contributed by atoms with Crippen LogP contribution in [0.3, 0.4) is 0 Å². The van der Waals surface area contributed by atoms with Crippen molar-refractivity contribution in [3.63, 3.8) is 0 Å². The fraction of sp³-hybridized carbons (Fsp3) is 0.375. The van der Waals surface area contributed by atoms with Crippen molar-refractivity contribution in [1.29, 1.82) is 0 Å². The van der Waals surface area contributed by atoms with E-state index >= 15 is 0 Å². The minimum Gasteiger partial charge on any atom is -0.309 e. The van der Waals surface area contributed by atoms with Gasteiger partial charge >= 0.3 is 12.2 Å². The van der Waals surface area contributed by atoms with Gasteiger partial charge in [0, 0.05) is 26.2 Å². The molecule has 0 aliphatic carbocycles. The number of urea groups is 1. The van der Waals surface area contributed by atoms with Gasteiger partial charge in [-0.3, -0.25) is 9.69 Å². The van der Waals surface area contributed by atoms with Gasteiger partial charge in [0.25, 0.3) is 5.91 Å². The van der Waals surface area contributed by atoms with Crippen molar-refractivity contribution in [3.8, 4) is 0 Å². The molecule has 24 heavy (non-hydrogen) atoms. The molecule has 0 saturated carbocycles. The van der Waals surface area contributed by atoms with Crippen LogP contribution in [-0.4, -0.2) is 54.0 Å². The SMILES string of the molecule is C=CCN1CCN2C(=O)N(c3cccc(C(F)(F)F)c3)C(=O)C2C1. The lowest BCUT2D eigenvalue weighted by molar-refractivity contribution is -0.137. The van der Waals surface area contributed by atoms with Crippen molar-refractivity contribution >= 4 is 17.6 Å². The Bertz CT molecular complexity index is 689. The molecule has 5 nitrogen and oxygen atoms in total. The first-order valence-corrected chi connectivity index (χ1v) is 7.48. The molecule has 1 aromatic carbocycles. The molecule has 2 saturated heterocycles. The minimum absolute atomic E-state index is 0.0514. The summed E-state index contributed by atoms with van der Waals surface area (Å²) in [6.07, 6.45) is -2.82. The Kier molecular flexibility index (Phi) is 4.08. The van der Waals surface area contributed by atoms with Gasteiger partial charge in [0.2, 0.25) is 0 Å². The molecule has 3 rings (SSSR count). The Morgan fingerprint density at radius 2 is 2.00 bits per heavy atom. The average molecular weight is 339 g/mol. The number of rotatable bonds is 3. The van der Waals surface area contributed by atoms with E-state index in [2.05, 4.69) is 6.58 Å². The summed E-state index contributed by atoms with van der Waals surface area (Å²) in [5.74, 6) is -0.493. The number of nitrogens with zero attached hydrogens (tertiary/aromatic N) is 3. The van der Waals surface area contributed by atoms with E-state index in [-0.39, 0.29) is 5.69 Å². The topological polar surface area (TPSA) is 43.9 Å². The van der Waals surface area contributed by atoms with Crippen LogP contribution in [0.25, 0.3) is 0 Å². The van der Waals surface area contributed by atoms with Crippen molar-refractivity contribution < 1.29 is 22.8 Å². The Balaban J connectivity index is 1.89. The van der Waals surface area contributed by atoms with Crippen molar-refractivity contribution in [3.05, 3.63) is 42.5 Å². The maximum atomic E-state index is 12.9. The quantitative estimate of drug-likeness (QED) is 0.627. The van der Waals surface area contributed by atoms with Crippen LogP contribution < -0.4 is 4.90 Å². The van der Waals surface area contributed by atoms with Gasteiger partial charge in [-0.15, -0.1) is 6.58 Å². The number of hydrogen-bond acceptors (Lipinski definition) is 3. The summed E-state index contributed by atoms with van der Waals surface area (Å²) in [7, 11) is 0. The highest BCUT2D eigenvalue weighted by atomic mass is 19.4. The molecule has 1 aromatic rings. The van der Waals surface area contributed by atoms with E-state index in [1.807, 2.05) is 4.90 Å². The van der Waals surface area contributed by atoms with E-state index in [1.165, 1.54) is 17.0 Å². The molecule has 128 valence electrons. The number of halogens is 3. The molecule has 2 aliphatic heterocycles. The van der Waals surface area contributed by atoms with E-state index in [0.717, 1.165) is 17.0 Å². The van der Waals surface area contributed by atoms with Crippen molar-refractivity contribution in [1.82, 2.24) is 9.80 Å². The number of carbonyl (C=O) groups is 2. The van der Waals surface area contributed by atoms with Gasteiger partial charge in [-0.25, -0.2) is 9.69 Å². The molecule has 2 heterocycles. The number of benzene rings is 1.